The maximum atomic E-state index is 2.46. The molecule has 0 saturated heterocycles. The summed E-state index contributed by atoms with van der Waals surface area (Å²) in [5, 5.41) is 7.39. The maximum Gasteiger partial charge on any atom is 0.0546 e. The van der Waals surface area contributed by atoms with Crippen LogP contribution in [0.3, 0.4) is 0 Å². The minimum absolute atomic E-state index is 1.16. The monoisotopic (exact) mass is 674 g/mol. The summed E-state index contributed by atoms with van der Waals surface area (Å²) in [7, 11) is 0. The lowest BCUT2D eigenvalue weighted by atomic mass is 9.93. The van der Waals surface area contributed by atoms with Crippen molar-refractivity contribution in [3.05, 3.63) is 178 Å². The van der Waals surface area contributed by atoms with E-state index in [2.05, 4.69) is 199 Å². The fourth-order valence-electron chi connectivity index (χ4n) is 7.60. The van der Waals surface area contributed by atoms with Crippen molar-refractivity contribution in [1.29, 1.82) is 0 Å². The SMILES string of the molecule is Cc1ccc(N(c2ccc(C)c(C)c2)c2cc3c4ccccc4c(N(c4ccc(C)c(C)c4)c4ccc(C)c(C)c4)cc3c3ccccc23)cc1C. The van der Waals surface area contributed by atoms with E-state index < -0.39 is 0 Å². The van der Waals surface area contributed by atoms with Crippen LogP contribution in [-0.2, 0) is 0 Å². The van der Waals surface area contributed by atoms with Crippen LogP contribution >= 0.6 is 0 Å². The molecule has 0 N–H and O–H groups in total. The van der Waals surface area contributed by atoms with Gasteiger partial charge in [0.05, 0.1) is 11.4 Å². The zero-order valence-corrected chi connectivity index (χ0v) is 31.6. The average molecular weight is 675 g/mol. The molecule has 0 aliphatic carbocycles. The molecule has 0 atom stereocenters. The number of nitrogens with zero attached hydrogens (tertiary/aromatic N) is 2. The van der Waals surface area contributed by atoms with Crippen molar-refractivity contribution in [3.63, 3.8) is 0 Å². The molecule has 0 saturated carbocycles. The number of anilines is 6. The van der Waals surface area contributed by atoms with Gasteiger partial charge < -0.3 is 9.80 Å². The molecule has 52 heavy (non-hydrogen) atoms. The summed E-state index contributed by atoms with van der Waals surface area (Å²) in [6.07, 6.45) is 0. The molecule has 8 aromatic carbocycles. The van der Waals surface area contributed by atoms with Crippen molar-refractivity contribution in [3.8, 4) is 0 Å². The van der Waals surface area contributed by atoms with Gasteiger partial charge >= 0.3 is 0 Å². The molecular weight excluding hydrogens is 629 g/mol. The predicted octanol–water partition coefficient (Wildman–Crippen LogP) is 14.6. The molecule has 8 rings (SSSR count). The molecule has 0 radical (unpaired) electrons. The third-order valence-corrected chi connectivity index (χ3v) is 11.3. The Balaban J connectivity index is 1.47. The summed E-state index contributed by atoms with van der Waals surface area (Å²) in [5.41, 5.74) is 17.3. The van der Waals surface area contributed by atoms with Crippen molar-refractivity contribution in [2.24, 2.45) is 0 Å². The summed E-state index contributed by atoms with van der Waals surface area (Å²) in [5.74, 6) is 0. The van der Waals surface area contributed by atoms with Gasteiger partial charge in [-0.15, -0.1) is 0 Å². The summed E-state index contributed by atoms with van der Waals surface area (Å²) in [6, 6.07) is 50.1. The molecular formula is C50H46N2. The van der Waals surface area contributed by atoms with E-state index in [9.17, 15) is 0 Å². The highest BCUT2D eigenvalue weighted by molar-refractivity contribution is 6.24. The van der Waals surface area contributed by atoms with Crippen LogP contribution in [0.5, 0.6) is 0 Å². The second-order valence-electron chi connectivity index (χ2n) is 14.7. The summed E-state index contributed by atoms with van der Waals surface area (Å²) in [4.78, 5) is 4.92. The number of fused-ring (bicyclic) bond motifs is 5. The molecule has 0 aliphatic heterocycles. The van der Waals surface area contributed by atoms with E-state index in [1.807, 2.05) is 0 Å². The Hall–Kier alpha value is -5.86. The van der Waals surface area contributed by atoms with Crippen LogP contribution in [0.25, 0.3) is 32.3 Å². The number of benzene rings is 8. The van der Waals surface area contributed by atoms with Gasteiger partial charge in [-0.1, -0.05) is 72.8 Å². The topological polar surface area (TPSA) is 6.48 Å². The van der Waals surface area contributed by atoms with Crippen LogP contribution in [0.4, 0.5) is 34.1 Å². The highest BCUT2D eigenvalue weighted by Gasteiger charge is 2.23. The van der Waals surface area contributed by atoms with Crippen LogP contribution in [0, 0.1) is 55.4 Å². The van der Waals surface area contributed by atoms with E-state index in [1.54, 1.807) is 0 Å². The quantitative estimate of drug-likeness (QED) is 0.162. The first-order chi connectivity index (χ1) is 25.1. The second kappa shape index (κ2) is 13.0. The van der Waals surface area contributed by atoms with Crippen molar-refractivity contribution in [2.45, 2.75) is 55.4 Å². The Morgan fingerprint density at radius 2 is 0.519 bits per heavy atom. The van der Waals surface area contributed by atoms with E-state index in [0.717, 1.165) is 22.7 Å². The fourth-order valence-corrected chi connectivity index (χ4v) is 7.60. The minimum atomic E-state index is 1.16. The number of aryl methyl sites for hydroxylation is 8. The van der Waals surface area contributed by atoms with Crippen molar-refractivity contribution in [1.82, 2.24) is 0 Å². The molecule has 2 heteroatoms. The fraction of sp³-hybridized carbons (Fsp3) is 0.160. The molecule has 0 bridgehead atoms. The Morgan fingerprint density at radius 1 is 0.250 bits per heavy atom. The first-order valence-corrected chi connectivity index (χ1v) is 18.4. The van der Waals surface area contributed by atoms with Crippen molar-refractivity contribution < 1.29 is 0 Å². The predicted molar refractivity (Wildman–Crippen MR) is 226 cm³/mol. The molecule has 0 fully saturated rings. The lowest BCUT2D eigenvalue weighted by Crippen LogP contribution is -2.12. The summed E-state index contributed by atoms with van der Waals surface area (Å²) >= 11 is 0. The summed E-state index contributed by atoms with van der Waals surface area (Å²) in [6.45, 7) is 17.6. The maximum absolute atomic E-state index is 2.46. The minimum Gasteiger partial charge on any atom is -0.310 e. The first kappa shape index (κ1) is 33.3. The molecule has 0 aromatic heterocycles. The van der Waals surface area contributed by atoms with Gasteiger partial charge in [0, 0.05) is 33.5 Å². The van der Waals surface area contributed by atoms with Crippen molar-refractivity contribution >= 4 is 66.4 Å². The third-order valence-electron chi connectivity index (χ3n) is 11.3. The lowest BCUT2D eigenvalue weighted by molar-refractivity contribution is 1.24. The van der Waals surface area contributed by atoms with E-state index >= 15 is 0 Å². The molecule has 8 aromatic rings. The number of rotatable bonds is 6. The standard InChI is InChI=1S/C50H46N2/c1-31-17-21-39(25-35(31)5)51(40-22-18-32(2)36(6)26-40)49-29-47-44-14-10-12-16-46(44)50(30-48(47)43-13-9-11-15-45(43)49)52(41-23-19-33(3)37(7)27-41)42-24-20-34(4)38(8)28-42/h9-30H,1-8H3. The van der Waals surface area contributed by atoms with Crippen LogP contribution in [-0.4, -0.2) is 0 Å². The zero-order valence-electron chi connectivity index (χ0n) is 31.6. The largest absolute Gasteiger partial charge is 0.310 e. The Labute approximate surface area is 308 Å². The number of hydrogen-bond acceptors (Lipinski definition) is 2. The van der Waals surface area contributed by atoms with Gasteiger partial charge in [0.2, 0.25) is 0 Å². The normalized spacial score (nSPS) is 11.5. The molecule has 2 nitrogen and oxygen atoms in total. The van der Waals surface area contributed by atoms with E-state index in [0.29, 0.717) is 0 Å². The van der Waals surface area contributed by atoms with Crippen LogP contribution in [0.2, 0.25) is 0 Å². The molecule has 0 amide bonds. The van der Waals surface area contributed by atoms with Crippen LogP contribution in [0.1, 0.15) is 44.5 Å². The van der Waals surface area contributed by atoms with Gasteiger partial charge in [-0.05, 0) is 182 Å². The van der Waals surface area contributed by atoms with Gasteiger partial charge in [-0.25, -0.2) is 0 Å². The van der Waals surface area contributed by atoms with E-state index in [-0.39, 0.29) is 0 Å². The third kappa shape index (κ3) is 5.69. The Morgan fingerprint density at radius 3 is 0.788 bits per heavy atom. The molecule has 0 spiro atoms. The second-order valence-corrected chi connectivity index (χ2v) is 14.7. The van der Waals surface area contributed by atoms with Crippen LogP contribution < -0.4 is 9.80 Å². The van der Waals surface area contributed by atoms with Gasteiger partial charge in [0.1, 0.15) is 0 Å². The summed E-state index contributed by atoms with van der Waals surface area (Å²) < 4.78 is 0. The molecule has 0 aliphatic rings. The van der Waals surface area contributed by atoms with Crippen molar-refractivity contribution in [2.75, 3.05) is 9.80 Å². The van der Waals surface area contributed by atoms with Crippen LogP contribution in [0.15, 0.2) is 133 Å². The molecule has 0 unspecified atom stereocenters. The number of hydrogen-bond donors (Lipinski definition) is 0. The van der Waals surface area contributed by atoms with Gasteiger partial charge in [0.15, 0.2) is 0 Å². The molecule has 256 valence electrons. The molecule has 0 heterocycles. The van der Waals surface area contributed by atoms with Gasteiger partial charge in [-0.2, -0.15) is 0 Å². The Bertz CT molecular complexity index is 2390. The van der Waals surface area contributed by atoms with E-state index in [4.69, 9.17) is 0 Å². The lowest BCUT2D eigenvalue weighted by Gasteiger charge is -2.30. The van der Waals surface area contributed by atoms with Gasteiger partial charge in [0.25, 0.3) is 0 Å². The Kier molecular flexibility index (Phi) is 8.35. The average Bonchev–Trinajstić information content (AvgIpc) is 3.14. The highest BCUT2D eigenvalue weighted by Crippen LogP contribution is 2.48. The highest BCUT2D eigenvalue weighted by atomic mass is 15.2. The first-order valence-electron chi connectivity index (χ1n) is 18.4. The smallest absolute Gasteiger partial charge is 0.0546 e. The zero-order chi connectivity index (χ0) is 36.3. The van der Waals surface area contributed by atoms with Gasteiger partial charge in [-0.3, -0.25) is 0 Å². The van der Waals surface area contributed by atoms with E-state index in [1.165, 1.54) is 88.2 Å².